The monoisotopic (exact) mass is 281 g/mol. The van der Waals surface area contributed by atoms with Gasteiger partial charge in [0.15, 0.2) is 0 Å². The van der Waals surface area contributed by atoms with E-state index in [0.717, 1.165) is 19.3 Å². The third kappa shape index (κ3) is 2.75. The summed E-state index contributed by atoms with van der Waals surface area (Å²) in [7, 11) is 0. The molecule has 1 aliphatic carbocycles. The SMILES string of the molecule is Cc1ncc(N)cc1C(=O)NC1CCCc2ccccc21. The Morgan fingerprint density at radius 3 is 3.05 bits per heavy atom. The van der Waals surface area contributed by atoms with Crippen molar-refractivity contribution in [3.63, 3.8) is 0 Å². The minimum absolute atomic E-state index is 0.0725. The number of amides is 1. The first-order valence-electron chi connectivity index (χ1n) is 7.26. The van der Waals surface area contributed by atoms with Gasteiger partial charge >= 0.3 is 0 Å². The molecule has 3 rings (SSSR count). The number of aryl methyl sites for hydroxylation is 2. The number of anilines is 1. The van der Waals surface area contributed by atoms with Crippen molar-refractivity contribution < 1.29 is 4.79 Å². The molecule has 1 atom stereocenters. The Morgan fingerprint density at radius 1 is 1.38 bits per heavy atom. The Bertz CT molecular complexity index is 681. The first-order chi connectivity index (χ1) is 10.1. The van der Waals surface area contributed by atoms with Crippen molar-refractivity contribution in [3.05, 3.63) is 58.9 Å². The first-order valence-corrected chi connectivity index (χ1v) is 7.26. The molecular formula is C17H19N3O. The Balaban J connectivity index is 1.84. The summed E-state index contributed by atoms with van der Waals surface area (Å²) < 4.78 is 0. The van der Waals surface area contributed by atoms with Crippen LogP contribution in [-0.2, 0) is 6.42 Å². The Labute approximate surface area is 124 Å². The lowest BCUT2D eigenvalue weighted by molar-refractivity contribution is 0.0931. The van der Waals surface area contributed by atoms with Crippen LogP contribution in [0.3, 0.4) is 0 Å². The molecule has 1 aromatic carbocycles. The molecule has 4 nitrogen and oxygen atoms in total. The zero-order valence-corrected chi connectivity index (χ0v) is 12.1. The quantitative estimate of drug-likeness (QED) is 0.889. The van der Waals surface area contributed by atoms with E-state index in [1.807, 2.05) is 13.0 Å². The van der Waals surface area contributed by atoms with Gasteiger partial charge in [-0.3, -0.25) is 9.78 Å². The largest absolute Gasteiger partial charge is 0.397 e. The van der Waals surface area contributed by atoms with Crippen LogP contribution in [0.4, 0.5) is 5.69 Å². The second-order valence-corrected chi connectivity index (χ2v) is 5.52. The lowest BCUT2D eigenvalue weighted by atomic mass is 9.87. The molecule has 21 heavy (non-hydrogen) atoms. The van der Waals surface area contributed by atoms with Crippen LogP contribution in [0.25, 0.3) is 0 Å². The molecule has 1 aliphatic rings. The fraction of sp³-hybridized carbons (Fsp3) is 0.294. The lowest BCUT2D eigenvalue weighted by Crippen LogP contribution is -2.31. The number of nitrogens with one attached hydrogen (secondary N) is 1. The highest BCUT2D eigenvalue weighted by molar-refractivity contribution is 5.96. The molecule has 0 saturated heterocycles. The van der Waals surface area contributed by atoms with Gasteiger partial charge in [0.1, 0.15) is 0 Å². The van der Waals surface area contributed by atoms with Crippen molar-refractivity contribution in [2.24, 2.45) is 0 Å². The Morgan fingerprint density at radius 2 is 2.19 bits per heavy atom. The van der Waals surface area contributed by atoms with Crippen LogP contribution in [0.15, 0.2) is 36.5 Å². The van der Waals surface area contributed by atoms with Crippen LogP contribution in [0.2, 0.25) is 0 Å². The van der Waals surface area contributed by atoms with E-state index in [-0.39, 0.29) is 11.9 Å². The van der Waals surface area contributed by atoms with Gasteiger partial charge in [0.25, 0.3) is 5.91 Å². The van der Waals surface area contributed by atoms with Crippen molar-refractivity contribution in [1.82, 2.24) is 10.3 Å². The topological polar surface area (TPSA) is 68.0 Å². The minimum Gasteiger partial charge on any atom is -0.397 e. The molecule has 3 N–H and O–H groups in total. The van der Waals surface area contributed by atoms with Gasteiger partial charge in [-0.25, -0.2) is 0 Å². The number of rotatable bonds is 2. The van der Waals surface area contributed by atoms with Gasteiger partial charge in [-0.1, -0.05) is 24.3 Å². The molecule has 0 bridgehead atoms. The van der Waals surface area contributed by atoms with E-state index in [1.54, 1.807) is 12.3 Å². The van der Waals surface area contributed by atoms with Crippen LogP contribution in [-0.4, -0.2) is 10.9 Å². The van der Waals surface area contributed by atoms with E-state index < -0.39 is 0 Å². The predicted molar refractivity (Wildman–Crippen MR) is 83.0 cm³/mol. The summed E-state index contributed by atoms with van der Waals surface area (Å²) in [5, 5.41) is 3.12. The van der Waals surface area contributed by atoms with Crippen LogP contribution in [0.5, 0.6) is 0 Å². The molecular weight excluding hydrogens is 262 g/mol. The van der Waals surface area contributed by atoms with E-state index in [9.17, 15) is 4.79 Å². The van der Waals surface area contributed by atoms with Gasteiger partial charge in [-0.05, 0) is 43.4 Å². The summed E-state index contributed by atoms with van der Waals surface area (Å²) >= 11 is 0. The number of carbonyl (C=O) groups excluding carboxylic acids is 1. The lowest BCUT2D eigenvalue weighted by Gasteiger charge is -2.26. The fourth-order valence-electron chi connectivity index (χ4n) is 2.92. The molecule has 0 aliphatic heterocycles. The molecule has 1 aromatic heterocycles. The highest BCUT2D eigenvalue weighted by Gasteiger charge is 2.22. The maximum absolute atomic E-state index is 12.5. The molecule has 1 amide bonds. The maximum atomic E-state index is 12.5. The number of hydrogen-bond donors (Lipinski definition) is 2. The second-order valence-electron chi connectivity index (χ2n) is 5.52. The van der Waals surface area contributed by atoms with Crippen molar-refractivity contribution in [2.75, 3.05) is 5.73 Å². The predicted octanol–water partition coefficient (Wildman–Crippen LogP) is 2.78. The zero-order chi connectivity index (χ0) is 14.8. The first kappa shape index (κ1) is 13.6. The van der Waals surface area contributed by atoms with E-state index >= 15 is 0 Å². The number of benzene rings is 1. The average molecular weight is 281 g/mol. The third-order valence-corrected chi connectivity index (χ3v) is 4.03. The summed E-state index contributed by atoms with van der Waals surface area (Å²) in [6.07, 6.45) is 4.72. The smallest absolute Gasteiger partial charge is 0.253 e. The molecule has 0 saturated carbocycles. The third-order valence-electron chi connectivity index (χ3n) is 4.03. The second kappa shape index (κ2) is 5.56. The van der Waals surface area contributed by atoms with Gasteiger partial charge in [0, 0.05) is 0 Å². The average Bonchev–Trinajstić information content (AvgIpc) is 2.50. The number of aromatic nitrogens is 1. The number of fused-ring (bicyclic) bond motifs is 1. The van der Waals surface area contributed by atoms with Gasteiger partial charge in [-0.15, -0.1) is 0 Å². The van der Waals surface area contributed by atoms with Crippen LogP contribution in [0, 0.1) is 6.92 Å². The molecule has 0 radical (unpaired) electrons. The van der Waals surface area contributed by atoms with Crippen LogP contribution < -0.4 is 11.1 Å². The Kier molecular flexibility index (Phi) is 3.60. The Hall–Kier alpha value is -2.36. The number of hydrogen-bond acceptors (Lipinski definition) is 3. The summed E-state index contributed by atoms with van der Waals surface area (Å²) in [6.45, 7) is 1.82. The summed E-state index contributed by atoms with van der Waals surface area (Å²) in [5.74, 6) is -0.103. The molecule has 0 spiro atoms. The normalized spacial score (nSPS) is 17.1. The summed E-state index contributed by atoms with van der Waals surface area (Å²) in [4.78, 5) is 16.6. The number of nitrogens with two attached hydrogens (primary N) is 1. The molecule has 108 valence electrons. The molecule has 2 aromatic rings. The summed E-state index contributed by atoms with van der Waals surface area (Å²) in [6, 6.07) is 10.1. The van der Waals surface area contributed by atoms with E-state index in [1.165, 1.54) is 11.1 Å². The number of nitrogen functional groups attached to an aromatic ring is 1. The summed E-state index contributed by atoms with van der Waals surface area (Å²) in [5.41, 5.74) is 10.1. The van der Waals surface area contributed by atoms with Gasteiger partial charge in [-0.2, -0.15) is 0 Å². The van der Waals surface area contributed by atoms with Gasteiger partial charge < -0.3 is 11.1 Å². The molecule has 1 unspecified atom stereocenters. The highest BCUT2D eigenvalue weighted by atomic mass is 16.1. The van der Waals surface area contributed by atoms with Crippen molar-refractivity contribution in [2.45, 2.75) is 32.2 Å². The molecule has 1 heterocycles. The van der Waals surface area contributed by atoms with Gasteiger partial charge in [0.05, 0.1) is 29.2 Å². The van der Waals surface area contributed by atoms with Crippen LogP contribution in [0.1, 0.15) is 46.1 Å². The van der Waals surface area contributed by atoms with Crippen molar-refractivity contribution >= 4 is 11.6 Å². The standard InChI is InChI=1S/C17H19N3O/c1-11-15(9-13(18)10-19-11)17(21)20-16-8-4-6-12-5-2-3-7-14(12)16/h2-3,5,7,9-10,16H,4,6,8,18H2,1H3,(H,20,21). The minimum atomic E-state index is -0.103. The van der Waals surface area contributed by atoms with Crippen LogP contribution >= 0.6 is 0 Å². The van der Waals surface area contributed by atoms with Gasteiger partial charge in [0.2, 0.25) is 0 Å². The van der Waals surface area contributed by atoms with E-state index in [2.05, 4.69) is 28.5 Å². The fourth-order valence-corrected chi connectivity index (χ4v) is 2.92. The van der Waals surface area contributed by atoms with Crippen molar-refractivity contribution in [1.29, 1.82) is 0 Å². The molecule has 4 heteroatoms. The number of pyridine rings is 1. The van der Waals surface area contributed by atoms with E-state index in [4.69, 9.17) is 5.73 Å². The van der Waals surface area contributed by atoms with Crippen molar-refractivity contribution in [3.8, 4) is 0 Å². The maximum Gasteiger partial charge on any atom is 0.253 e. The number of nitrogens with zero attached hydrogens (tertiary/aromatic N) is 1. The van der Waals surface area contributed by atoms with E-state index in [0.29, 0.717) is 16.9 Å². The molecule has 0 fully saturated rings. The number of carbonyl (C=O) groups is 1. The zero-order valence-electron chi connectivity index (χ0n) is 12.1. The highest BCUT2D eigenvalue weighted by Crippen LogP contribution is 2.29.